The predicted molar refractivity (Wildman–Crippen MR) is 69.6 cm³/mol. The minimum atomic E-state index is -0.613. The lowest BCUT2D eigenvalue weighted by Crippen LogP contribution is -2.42. The van der Waals surface area contributed by atoms with Gasteiger partial charge < -0.3 is 16.8 Å². The molecule has 1 aromatic carbocycles. The molecule has 0 aliphatic carbocycles. The Hall–Kier alpha value is -1.95. The summed E-state index contributed by atoms with van der Waals surface area (Å²) in [6.07, 6.45) is 0.129. The molecular formula is C13H18FN3O2. The van der Waals surface area contributed by atoms with E-state index in [9.17, 15) is 14.0 Å². The summed E-state index contributed by atoms with van der Waals surface area (Å²) in [5.74, 6) is -1.49. The topological polar surface area (TPSA) is 98.2 Å². The Kier molecular flexibility index (Phi) is 4.61. The molecule has 0 fully saturated rings. The summed E-state index contributed by atoms with van der Waals surface area (Å²) in [5.41, 5.74) is 10.3. The lowest BCUT2D eigenvalue weighted by Gasteiger charge is -2.25. The van der Waals surface area contributed by atoms with Crippen LogP contribution in [0, 0.1) is 5.82 Å². The molecule has 0 bridgehead atoms. The van der Waals surface area contributed by atoms with Gasteiger partial charge in [0.2, 0.25) is 11.8 Å². The van der Waals surface area contributed by atoms with Crippen LogP contribution in [0.5, 0.6) is 0 Å². The zero-order valence-corrected chi connectivity index (χ0v) is 11.0. The molecule has 2 amide bonds. The fourth-order valence-electron chi connectivity index (χ4n) is 1.70. The van der Waals surface area contributed by atoms with Crippen molar-refractivity contribution >= 4 is 11.8 Å². The number of primary amides is 2. The van der Waals surface area contributed by atoms with Crippen molar-refractivity contribution in [2.45, 2.75) is 32.4 Å². The van der Waals surface area contributed by atoms with Gasteiger partial charge in [-0.25, -0.2) is 4.39 Å². The van der Waals surface area contributed by atoms with Gasteiger partial charge in [0.25, 0.3) is 0 Å². The third-order valence-corrected chi connectivity index (χ3v) is 2.70. The molecule has 104 valence electrons. The molecule has 0 aromatic heterocycles. The lowest BCUT2D eigenvalue weighted by atomic mass is 9.99. The number of hydrogen-bond donors (Lipinski definition) is 3. The number of rotatable bonds is 6. The average molecular weight is 267 g/mol. The van der Waals surface area contributed by atoms with Gasteiger partial charge in [0.1, 0.15) is 5.82 Å². The first kappa shape index (κ1) is 15.1. The lowest BCUT2D eigenvalue weighted by molar-refractivity contribution is -0.119. The van der Waals surface area contributed by atoms with E-state index in [2.05, 4.69) is 5.32 Å². The van der Waals surface area contributed by atoms with Crippen LogP contribution in [0.2, 0.25) is 0 Å². The van der Waals surface area contributed by atoms with Crippen molar-refractivity contribution in [3.63, 3.8) is 0 Å². The van der Waals surface area contributed by atoms with Crippen LogP contribution in [-0.2, 0) is 11.3 Å². The Morgan fingerprint density at radius 1 is 1.32 bits per heavy atom. The van der Waals surface area contributed by atoms with Crippen molar-refractivity contribution in [1.82, 2.24) is 5.32 Å². The Labute approximate surface area is 111 Å². The third kappa shape index (κ3) is 4.67. The Morgan fingerprint density at radius 2 is 1.95 bits per heavy atom. The molecule has 0 atom stereocenters. The number of benzene rings is 1. The van der Waals surface area contributed by atoms with Crippen LogP contribution >= 0.6 is 0 Å². The van der Waals surface area contributed by atoms with Crippen molar-refractivity contribution < 1.29 is 14.0 Å². The highest BCUT2D eigenvalue weighted by molar-refractivity contribution is 5.92. The molecule has 19 heavy (non-hydrogen) atoms. The summed E-state index contributed by atoms with van der Waals surface area (Å²) in [7, 11) is 0. The summed E-state index contributed by atoms with van der Waals surface area (Å²) < 4.78 is 13.6. The third-order valence-electron chi connectivity index (χ3n) is 2.70. The molecule has 0 aliphatic heterocycles. The molecule has 0 unspecified atom stereocenters. The van der Waals surface area contributed by atoms with E-state index in [1.807, 2.05) is 0 Å². The second-order valence-corrected chi connectivity index (χ2v) is 5.05. The minimum absolute atomic E-state index is 0.129. The number of hydrogen-bond acceptors (Lipinski definition) is 3. The van der Waals surface area contributed by atoms with Crippen molar-refractivity contribution in [3.05, 3.63) is 35.1 Å². The molecule has 0 heterocycles. The first-order valence-electron chi connectivity index (χ1n) is 5.83. The summed E-state index contributed by atoms with van der Waals surface area (Å²) in [6.45, 7) is 3.74. The molecule has 1 aromatic rings. The molecule has 6 heteroatoms. The molecular weight excluding hydrogens is 249 g/mol. The molecule has 0 spiro atoms. The van der Waals surface area contributed by atoms with Crippen LogP contribution in [0.1, 0.15) is 36.2 Å². The van der Waals surface area contributed by atoms with Gasteiger partial charge >= 0.3 is 0 Å². The minimum Gasteiger partial charge on any atom is -0.370 e. The zero-order chi connectivity index (χ0) is 14.6. The summed E-state index contributed by atoms with van der Waals surface area (Å²) >= 11 is 0. The highest BCUT2D eigenvalue weighted by Crippen LogP contribution is 2.13. The Balaban J connectivity index is 2.79. The van der Waals surface area contributed by atoms with E-state index >= 15 is 0 Å². The van der Waals surface area contributed by atoms with E-state index in [1.54, 1.807) is 13.8 Å². The molecule has 5 N–H and O–H groups in total. The molecule has 5 nitrogen and oxygen atoms in total. The average Bonchev–Trinajstić information content (AvgIpc) is 2.25. The monoisotopic (exact) mass is 267 g/mol. The summed E-state index contributed by atoms with van der Waals surface area (Å²) in [5, 5.41) is 3.02. The Morgan fingerprint density at radius 3 is 2.47 bits per heavy atom. The van der Waals surface area contributed by atoms with Crippen molar-refractivity contribution in [1.29, 1.82) is 0 Å². The smallest absolute Gasteiger partial charge is 0.248 e. The number of nitrogens with two attached hydrogens (primary N) is 2. The second kappa shape index (κ2) is 5.79. The first-order valence-corrected chi connectivity index (χ1v) is 5.83. The highest BCUT2D eigenvalue weighted by Gasteiger charge is 2.20. The number of amides is 2. The number of nitrogens with one attached hydrogen (secondary N) is 1. The van der Waals surface area contributed by atoms with Crippen molar-refractivity contribution in [2.75, 3.05) is 0 Å². The van der Waals surface area contributed by atoms with E-state index in [0.717, 1.165) is 0 Å². The van der Waals surface area contributed by atoms with Gasteiger partial charge in [-0.2, -0.15) is 0 Å². The molecule has 0 saturated carbocycles. The van der Waals surface area contributed by atoms with Gasteiger partial charge in [-0.05, 0) is 32.0 Å². The van der Waals surface area contributed by atoms with Crippen LogP contribution in [0.15, 0.2) is 18.2 Å². The van der Waals surface area contributed by atoms with E-state index in [4.69, 9.17) is 11.5 Å². The van der Waals surface area contributed by atoms with Crippen LogP contribution in [0.3, 0.4) is 0 Å². The van der Waals surface area contributed by atoms with E-state index < -0.39 is 23.2 Å². The summed E-state index contributed by atoms with van der Waals surface area (Å²) in [6, 6.07) is 3.92. The largest absolute Gasteiger partial charge is 0.370 e. The van der Waals surface area contributed by atoms with E-state index in [-0.39, 0.29) is 18.5 Å². The predicted octanol–water partition coefficient (Wildman–Crippen LogP) is 0.668. The van der Waals surface area contributed by atoms with Gasteiger partial charge in [0, 0.05) is 29.6 Å². The fraction of sp³-hybridized carbons (Fsp3) is 0.385. The van der Waals surface area contributed by atoms with Crippen LogP contribution in [-0.4, -0.2) is 17.4 Å². The van der Waals surface area contributed by atoms with Gasteiger partial charge in [0.05, 0.1) is 0 Å². The second-order valence-electron chi connectivity index (χ2n) is 5.05. The molecule has 1 rings (SSSR count). The molecule has 0 radical (unpaired) electrons. The standard InChI is InChI=1S/C13H18FN3O2/c1-13(2,6-11(15)18)17-7-9-5-8(12(16)19)3-4-10(9)14/h3-5,17H,6-7H2,1-2H3,(H2,15,18)(H2,16,19). The number of carbonyl (C=O) groups is 2. The molecule has 0 aliphatic rings. The maximum Gasteiger partial charge on any atom is 0.248 e. The van der Waals surface area contributed by atoms with Crippen LogP contribution in [0.25, 0.3) is 0 Å². The van der Waals surface area contributed by atoms with Gasteiger partial charge in [-0.15, -0.1) is 0 Å². The fourth-order valence-corrected chi connectivity index (χ4v) is 1.70. The molecule has 0 saturated heterocycles. The van der Waals surface area contributed by atoms with Gasteiger partial charge in [0.15, 0.2) is 0 Å². The number of halogens is 1. The SMILES string of the molecule is CC(C)(CC(N)=O)NCc1cc(C(N)=O)ccc1F. The maximum absolute atomic E-state index is 13.6. The maximum atomic E-state index is 13.6. The first-order chi connectivity index (χ1) is 8.71. The zero-order valence-electron chi connectivity index (χ0n) is 11.0. The van der Waals surface area contributed by atoms with Gasteiger partial charge in [-0.3, -0.25) is 9.59 Å². The highest BCUT2D eigenvalue weighted by atomic mass is 19.1. The van der Waals surface area contributed by atoms with Crippen LogP contribution < -0.4 is 16.8 Å². The van der Waals surface area contributed by atoms with Crippen molar-refractivity contribution in [2.24, 2.45) is 11.5 Å². The van der Waals surface area contributed by atoms with E-state index in [0.29, 0.717) is 5.56 Å². The van der Waals surface area contributed by atoms with E-state index in [1.165, 1.54) is 18.2 Å². The summed E-state index contributed by atoms with van der Waals surface area (Å²) in [4.78, 5) is 21.9. The quantitative estimate of drug-likeness (QED) is 0.706. The number of carbonyl (C=O) groups excluding carboxylic acids is 2. The normalized spacial score (nSPS) is 11.3. The Bertz CT molecular complexity index is 501. The van der Waals surface area contributed by atoms with Crippen LogP contribution in [0.4, 0.5) is 4.39 Å². The van der Waals surface area contributed by atoms with Gasteiger partial charge in [-0.1, -0.05) is 0 Å². The van der Waals surface area contributed by atoms with Crippen molar-refractivity contribution in [3.8, 4) is 0 Å².